The van der Waals surface area contributed by atoms with Crippen molar-refractivity contribution in [2.75, 3.05) is 6.54 Å². The molecule has 1 aliphatic carbocycles. The van der Waals surface area contributed by atoms with Gasteiger partial charge in [-0.3, -0.25) is 4.79 Å². The van der Waals surface area contributed by atoms with Crippen LogP contribution in [0.15, 0.2) is 47.4 Å². The molecule has 0 amide bonds. The van der Waals surface area contributed by atoms with Crippen LogP contribution in [0.5, 0.6) is 0 Å². The van der Waals surface area contributed by atoms with E-state index in [0.717, 1.165) is 59.7 Å². The molecule has 0 saturated heterocycles. The maximum absolute atomic E-state index is 12.9. The molecule has 5 heteroatoms. The number of hydrogen-bond donors (Lipinski definition) is 2. The zero-order valence-corrected chi connectivity index (χ0v) is 15.9. The lowest BCUT2D eigenvalue weighted by molar-refractivity contribution is 0.631. The van der Waals surface area contributed by atoms with Crippen LogP contribution in [-0.2, 0) is 19.4 Å². The zero-order valence-electron chi connectivity index (χ0n) is 15.9. The number of aromatic nitrogens is 3. The number of nitrogens with two attached hydrogens (primary N) is 1. The number of aryl methyl sites for hydroxylation is 3. The van der Waals surface area contributed by atoms with Crippen molar-refractivity contribution in [1.29, 1.82) is 0 Å². The first-order valence-electron chi connectivity index (χ1n) is 10.1. The van der Waals surface area contributed by atoms with Gasteiger partial charge in [0, 0.05) is 29.2 Å². The largest absolute Gasteiger partial charge is 0.347 e. The van der Waals surface area contributed by atoms with Crippen molar-refractivity contribution >= 4 is 21.9 Å². The maximum atomic E-state index is 12.9. The van der Waals surface area contributed by atoms with Gasteiger partial charge in [-0.1, -0.05) is 18.2 Å². The minimum absolute atomic E-state index is 0.129. The summed E-state index contributed by atoms with van der Waals surface area (Å²) in [4.78, 5) is 20.8. The average molecular weight is 372 g/mol. The van der Waals surface area contributed by atoms with Gasteiger partial charge in [0.05, 0.1) is 11.0 Å². The van der Waals surface area contributed by atoms with Gasteiger partial charge in [0.2, 0.25) is 0 Å². The van der Waals surface area contributed by atoms with Gasteiger partial charge < -0.3 is 15.3 Å². The van der Waals surface area contributed by atoms with Crippen molar-refractivity contribution in [3.05, 3.63) is 64.1 Å². The highest BCUT2D eigenvalue weighted by atomic mass is 16.1. The Bertz CT molecular complexity index is 1230. The Hall–Kier alpha value is -2.92. The Morgan fingerprint density at radius 2 is 1.93 bits per heavy atom. The molecule has 2 heterocycles. The van der Waals surface area contributed by atoms with E-state index in [0.29, 0.717) is 12.2 Å². The molecule has 0 atom stereocenters. The number of H-pyrrole nitrogens is 1. The van der Waals surface area contributed by atoms with E-state index in [1.165, 1.54) is 17.5 Å². The van der Waals surface area contributed by atoms with Gasteiger partial charge in [-0.05, 0) is 68.0 Å². The van der Waals surface area contributed by atoms with Crippen molar-refractivity contribution in [1.82, 2.24) is 14.5 Å². The third-order valence-corrected chi connectivity index (χ3v) is 5.80. The number of fused-ring (bicyclic) bond motifs is 3. The highest BCUT2D eigenvalue weighted by Gasteiger charge is 2.17. The van der Waals surface area contributed by atoms with E-state index < -0.39 is 0 Å². The molecule has 4 aromatic rings. The summed E-state index contributed by atoms with van der Waals surface area (Å²) < 4.78 is 2.22. The topological polar surface area (TPSA) is 76.7 Å². The second-order valence-corrected chi connectivity index (χ2v) is 7.66. The minimum Gasteiger partial charge on any atom is -0.347 e. The third kappa shape index (κ3) is 2.83. The Labute approximate surface area is 163 Å². The molecule has 2 aromatic carbocycles. The molecule has 0 aliphatic heterocycles. The number of rotatable bonds is 5. The van der Waals surface area contributed by atoms with Crippen LogP contribution in [0, 0.1) is 0 Å². The minimum atomic E-state index is -0.129. The first-order valence-corrected chi connectivity index (χ1v) is 10.1. The van der Waals surface area contributed by atoms with E-state index in [4.69, 9.17) is 10.7 Å². The van der Waals surface area contributed by atoms with Crippen LogP contribution in [0.2, 0.25) is 0 Å². The molecule has 0 unspecified atom stereocenters. The monoisotopic (exact) mass is 372 g/mol. The fraction of sp³-hybridized carbons (Fsp3) is 0.304. The van der Waals surface area contributed by atoms with E-state index >= 15 is 0 Å². The van der Waals surface area contributed by atoms with E-state index in [-0.39, 0.29) is 5.56 Å². The fourth-order valence-corrected chi connectivity index (χ4v) is 4.39. The number of aromatic amines is 1. The van der Waals surface area contributed by atoms with Crippen LogP contribution in [0.25, 0.3) is 33.2 Å². The highest BCUT2D eigenvalue weighted by molar-refractivity contribution is 5.95. The summed E-state index contributed by atoms with van der Waals surface area (Å²) >= 11 is 0. The zero-order chi connectivity index (χ0) is 19.1. The van der Waals surface area contributed by atoms with Crippen molar-refractivity contribution in [3.8, 4) is 11.3 Å². The van der Waals surface area contributed by atoms with Crippen LogP contribution in [-0.4, -0.2) is 21.1 Å². The molecular weight excluding hydrogens is 348 g/mol. The average Bonchev–Trinajstić information content (AvgIpc) is 3.30. The van der Waals surface area contributed by atoms with Crippen molar-refractivity contribution in [2.45, 2.75) is 38.6 Å². The Kier molecular flexibility index (Phi) is 4.24. The second kappa shape index (κ2) is 6.91. The van der Waals surface area contributed by atoms with Gasteiger partial charge in [-0.15, -0.1) is 0 Å². The molecule has 0 bridgehead atoms. The number of nitrogens with one attached hydrogen (secondary N) is 1. The van der Waals surface area contributed by atoms with Gasteiger partial charge in [0.1, 0.15) is 5.69 Å². The summed E-state index contributed by atoms with van der Waals surface area (Å²) in [6.45, 7) is 1.58. The van der Waals surface area contributed by atoms with E-state index in [1.54, 1.807) is 0 Å². The van der Waals surface area contributed by atoms with Gasteiger partial charge in [0.15, 0.2) is 0 Å². The lowest BCUT2D eigenvalue weighted by Gasteiger charge is -2.05. The number of para-hydroxylation sites is 1. The van der Waals surface area contributed by atoms with Crippen LogP contribution in [0.1, 0.15) is 30.4 Å². The SMILES string of the molecule is NCCCCn1cc(-c2nc3cc4c(cc3[nH]c2=O)CCC4)c2ccccc21. The van der Waals surface area contributed by atoms with E-state index in [2.05, 4.69) is 40.0 Å². The standard InChI is InChI=1S/C23H24N4O/c24-10-3-4-11-27-14-18(17-8-1-2-9-21(17)27)22-23(28)26-20-13-16-7-5-6-15(16)12-19(20)25-22/h1-2,8-9,12-14H,3-7,10-11,24H2,(H,26,28). The predicted octanol–water partition coefficient (Wildman–Crippen LogP) is 3.77. The van der Waals surface area contributed by atoms with Gasteiger partial charge in [-0.25, -0.2) is 4.98 Å². The van der Waals surface area contributed by atoms with Crippen LogP contribution >= 0.6 is 0 Å². The summed E-state index contributed by atoms with van der Waals surface area (Å²) in [6.07, 6.45) is 7.44. The Balaban J connectivity index is 1.67. The summed E-state index contributed by atoms with van der Waals surface area (Å²) in [5.74, 6) is 0. The molecule has 0 radical (unpaired) electrons. The van der Waals surface area contributed by atoms with Crippen LogP contribution in [0.4, 0.5) is 0 Å². The Morgan fingerprint density at radius 3 is 2.79 bits per heavy atom. The lowest BCUT2D eigenvalue weighted by Crippen LogP contribution is -2.11. The van der Waals surface area contributed by atoms with E-state index in [1.807, 2.05) is 12.1 Å². The number of hydrogen-bond acceptors (Lipinski definition) is 3. The normalized spacial score (nSPS) is 13.5. The lowest BCUT2D eigenvalue weighted by atomic mass is 10.1. The smallest absolute Gasteiger partial charge is 0.275 e. The molecule has 5 nitrogen and oxygen atoms in total. The second-order valence-electron chi connectivity index (χ2n) is 7.66. The van der Waals surface area contributed by atoms with Crippen LogP contribution in [0.3, 0.4) is 0 Å². The number of unbranched alkanes of at least 4 members (excludes halogenated alkanes) is 1. The molecule has 3 N–H and O–H groups in total. The van der Waals surface area contributed by atoms with Crippen molar-refractivity contribution < 1.29 is 0 Å². The molecule has 0 fully saturated rings. The number of benzene rings is 2. The summed E-state index contributed by atoms with van der Waals surface area (Å²) in [6, 6.07) is 12.5. The molecule has 0 saturated carbocycles. The fourth-order valence-electron chi connectivity index (χ4n) is 4.39. The third-order valence-electron chi connectivity index (χ3n) is 5.80. The first-order chi connectivity index (χ1) is 13.7. The van der Waals surface area contributed by atoms with Gasteiger partial charge >= 0.3 is 0 Å². The molecule has 28 heavy (non-hydrogen) atoms. The quantitative estimate of drug-likeness (QED) is 0.524. The molecule has 5 rings (SSSR count). The Morgan fingerprint density at radius 1 is 1.11 bits per heavy atom. The van der Waals surface area contributed by atoms with Crippen LogP contribution < -0.4 is 11.3 Å². The van der Waals surface area contributed by atoms with Crippen molar-refractivity contribution in [3.63, 3.8) is 0 Å². The number of nitrogens with zero attached hydrogens (tertiary/aromatic N) is 2. The molecule has 2 aromatic heterocycles. The molecular formula is C23H24N4O. The summed E-state index contributed by atoms with van der Waals surface area (Å²) in [5.41, 5.74) is 12.5. The summed E-state index contributed by atoms with van der Waals surface area (Å²) in [5, 5.41) is 1.06. The first kappa shape index (κ1) is 17.2. The molecule has 0 spiro atoms. The molecule has 142 valence electrons. The summed E-state index contributed by atoms with van der Waals surface area (Å²) in [7, 11) is 0. The van der Waals surface area contributed by atoms with Gasteiger partial charge in [-0.2, -0.15) is 0 Å². The predicted molar refractivity (Wildman–Crippen MR) is 114 cm³/mol. The highest BCUT2D eigenvalue weighted by Crippen LogP contribution is 2.30. The van der Waals surface area contributed by atoms with Crippen molar-refractivity contribution in [2.24, 2.45) is 5.73 Å². The van der Waals surface area contributed by atoms with E-state index in [9.17, 15) is 4.79 Å². The maximum Gasteiger partial charge on any atom is 0.275 e. The molecule has 1 aliphatic rings. The van der Waals surface area contributed by atoms with Gasteiger partial charge in [0.25, 0.3) is 5.56 Å².